The predicted molar refractivity (Wildman–Crippen MR) is 107 cm³/mol. The summed E-state index contributed by atoms with van der Waals surface area (Å²) in [7, 11) is 0.792. The summed E-state index contributed by atoms with van der Waals surface area (Å²) >= 11 is 0. The Kier molecular flexibility index (Phi) is 4.64. The molecule has 2 aromatic rings. The normalized spacial score (nSPS) is 13.8. The highest BCUT2D eigenvalue weighted by molar-refractivity contribution is 7.33. The molecule has 0 N–H and O–H groups in total. The van der Waals surface area contributed by atoms with Crippen LogP contribution in [-0.2, 0) is 16.2 Å². The lowest BCUT2D eigenvalue weighted by Crippen LogP contribution is -2.22. The van der Waals surface area contributed by atoms with Gasteiger partial charge in [-0.15, -0.1) is 8.19 Å². The Morgan fingerprint density at radius 3 is 1.48 bits per heavy atom. The molecule has 1 aromatic carbocycles. The molecular formula is C22H33P. The molecule has 0 amide bonds. The van der Waals surface area contributed by atoms with E-state index < -0.39 is 0 Å². The van der Waals surface area contributed by atoms with Crippen molar-refractivity contribution >= 4 is 8.19 Å². The highest BCUT2D eigenvalue weighted by atomic mass is 31.0. The van der Waals surface area contributed by atoms with Gasteiger partial charge >= 0.3 is 0 Å². The molecule has 0 nitrogen and oxygen atoms in total. The quantitative estimate of drug-likeness (QED) is 0.516. The predicted octanol–water partition coefficient (Wildman–Crippen LogP) is 7.28. The Balaban J connectivity index is 2.92. The van der Waals surface area contributed by atoms with Crippen molar-refractivity contribution in [1.29, 1.82) is 0 Å². The smallest absolute Gasteiger partial charge is 0.00123 e. The van der Waals surface area contributed by atoms with E-state index in [9.17, 15) is 0 Å². The molecule has 0 radical (unpaired) electrons. The number of hydrogen-bond acceptors (Lipinski definition) is 0. The second-order valence-electron chi connectivity index (χ2n) is 9.78. The van der Waals surface area contributed by atoms with Crippen LogP contribution < -0.4 is 0 Å². The Morgan fingerprint density at radius 2 is 1.17 bits per heavy atom. The summed E-state index contributed by atoms with van der Waals surface area (Å²) in [6.45, 7) is 21.0. The molecular weight excluding hydrogens is 295 g/mol. The van der Waals surface area contributed by atoms with Gasteiger partial charge in [-0.3, -0.25) is 0 Å². The van der Waals surface area contributed by atoms with Crippen LogP contribution in [0.4, 0.5) is 0 Å². The van der Waals surface area contributed by atoms with E-state index in [4.69, 9.17) is 0 Å². The van der Waals surface area contributed by atoms with E-state index in [0.717, 1.165) is 8.19 Å². The molecule has 1 aromatic heterocycles. The van der Waals surface area contributed by atoms with E-state index in [-0.39, 0.29) is 16.2 Å². The molecule has 0 spiro atoms. The minimum atomic E-state index is 0.143. The van der Waals surface area contributed by atoms with Crippen molar-refractivity contribution in [3.05, 3.63) is 46.8 Å². The second-order valence-corrected chi connectivity index (χ2v) is 10.9. The highest BCUT2D eigenvalue weighted by Crippen LogP contribution is 2.45. The summed E-state index contributed by atoms with van der Waals surface area (Å²) in [5.74, 6) is 2.30. The summed E-state index contributed by atoms with van der Waals surface area (Å²) in [6.07, 6.45) is 0. The van der Waals surface area contributed by atoms with Crippen molar-refractivity contribution < 1.29 is 0 Å². The van der Waals surface area contributed by atoms with Crippen molar-refractivity contribution in [2.75, 3.05) is 0 Å². The first-order valence-electron chi connectivity index (χ1n) is 8.65. The van der Waals surface area contributed by atoms with Crippen LogP contribution in [0.1, 0.15) is 79.0 Å². The highest BCUT2D eigenvalue weighted by Gasteiger charge is 2.29. The van der Waals surface area contributed by atoms with Gasteiger partial charge in [0, 0.05) is 0 Å². The van der Waals surface area contributed by atoms with Crippen LogP contribution in [0.25, 0.3) is 10.9 Å². The first-order chi connectivity index (χ1) is 10.3. The average Bonchev–Trinajstić information content (AvgIpc) is 2.87. The lowest BCUT2D eigenvalue weighted by molar-refractivity contribution is 0.551. The van der Waals surface area contributed by atoms with Gasteiger partial charge in [-0.1, -0.05) is 86.6 Å². The van der Waals surface area contributed by atoms with Crippen molar-refractivity contribution in [3.63, 3.8) is 0 Å². The minimum absolute atomic E-state index is 0.143. The van der Waals surface area contributed by atoms with Crippen LogP contribution in [0.2, 0.25) is 0 Å². The Morgan fingerprint density at radius 1 is 0.696 bits per heavy atom. The summed E-state index contributed by atoms with van der Waals surface area (Å²) in [5.41, 5.74) is 6.40. The van der Waals surface area contributed by atoms with Gasteiger partial charge in [0.05, 0.1) is 0 Å². The van der Waals surface area contributed by atoms with Crippen LogP contribution in [0.5, 0.6) is 0 Å². The molecule has 1 heterocycles. The van der Waals surface area contributed by atoms with E-state index in [1.165, 1.54) is 27.5 Å². The largest absolute Gasteiger partial charge is 0.132 e. The lowest BCUT2D eigenvalue weighted by atomic mass is 9.72. The van der Waals surface area contributed by atoms with Crippen molar-refractivity contribution in [2.24, 2.45) is 0 Å². The van der Waals surface area contributed by atoms with E-state index >= 15 is 0 Å². The molecule has 126 valence electrons. The molecule has 0 saturated heterocycles. The molecule has 0 fully saturated rings. The summed E-state index contributed by atoms with van der Waals surface area (Å²) in [6, 6.07) is 9.46. The van der Waals surface area contributed by atoms with Gasteiger partial charge in [-0.25, -0.2) is 0 Å². The van der Waals surface area contributed by atoms with E-state index in [2.05, 4.69) is 92.4 Å². The maximum atomic E-state index is 2.47. The minimum Gasteiger partial charge on any atom is -0.132 e. The van der Waals surface area contributed by atoms with Crippen LogP contribution in [0, 0.1) is 0 Å². The number of rotatable bonds is 1. The van der Waals surface area contributed by atoms with Gasteiger partial charge in [-0.2, -0.15) is 0 Å². The molecule has 0 aliphatic carbocycles. The summed E-state index contributed by atoms with van der Waals surface area (Å²) in [5, 5.41) is 1.50. The van der Waals surface area contributed by atoms with Gasteiger partial charge in [-0.05, 0) is 49.6 Å². The molecule has 2 rings (SSSR count). The first-order valence-corrected chi connectivity index (χ1v) is 9.73. The molecule has 1 atom stereocenters. The van der Waals surface area contributed by atoms with Crippen molar-refractivity contribution in [2.45, 2.75) is 78.6 Å². The number of hydrogen-bond donors (Lipinski definition) is 0. The number of benzene rings is 1. The maximum Gasteiger partial charge on any atom is -0.00123 e. The van der Waals surface area contributed by atoms with E-state index in [1.807, 2.05) is 0 Å². The van der Waals surface area contributed by atoms with Crippen molar-refractivity contribution in [3.8, 4) is 10.9 Å². The van der Waals surface area contributed by atoms with E-state index in [0.29, 0.717) is 0 Å². The molecule has 0 aliphatic heterocycles. The van der Waals surface area contributed by atoms with Gasteiger partial charge in [0.1, 0.15) is 0 Å². The average molecular weight is 328 g/mol. The molecule has 23 heavy (non-hydrogen) atoms. The monoisotopic (exact) mass is 328 g/mol. The van der Waals surface area contributed by atoms with Gasteiger partial charge < -0.3 is 0 Å². The van der Waals surface area contributed by atoms with Crippen LogP contribution >= 0.6 is 8.19 Å². The third-order valence-electron chi connectivity index (χ3n) is 4.49. The van der Waals surface area contributed by atoms with Crippen LogP contribution in [-0.4, -0.2) is 0 Å². The first kappa shape index (κ1) is 18.3. The molecule has 1 heteroatoms. The molecule has 0 bridgehead atoms. The molecule has 0 aliphatic rings. The van der Waals surface area contributed by atoms with Gasteiger partial charge in [0.15, 0.2) is 0 Å². The third kappa shape index (κ3) is 3.92. The van der Waals surface area contributed by atoms with Crippen molar-refractivity contribution in [1.82, 2.24) is 0 Å². The SMILES string of the molecule is CC(C)(C)c1cc(C(C)(C)C)c(-c2ccc[pH]2)c(C(C)(C)C)c1. The molecule has 1 unspecified atom stereocenters. The Labute approximate surface area is 144 Å². The third-order valence-corrected chi connectivity index (χ3v) is 5.57. The topological polar surface area (TPSA) is 0 Å². The van der Waals surface area contributed by atoms with Crippen LogP contribution in [0.15, 0.2) is 30.1 Å². The standard InChI is InChI=1S/C22H33P/c1-20(2,3)15-13-16(21(4,5)6)19(18-11-10-12-23-18)17(14-15)22(7,8)9/h10-14,23H,1-9H3. The fourth-order valence-electron chi connectivity index (χ4n) is 3.03. The summed E-state index contributed by atoms with van der Waals surface area (Å²) < 4.78 is 0. The van der Waals surface area contributed by atoms with E-state index in [1.54, 1.807) is 0 Å². The van der Waals surface area contributed by atoms with Gasteiger partial charge in [0.2, 0.25) is 0 Å². The summed E-state index contributed by atoms with van der Waals surface area (Å²) in [4.78, 5) is 0. The van der Waals surface area contributed by atoms with Gasteiger partial charge in [0.25, 0.3) is 0 Å². The fourth-order valence-corrected chi connectivity index (χ4v) is 4.01. The lowest BCUT2D eigenvalue weighted by Gasteiger charge is -2.33. The second kappa shape index (κ2) is 5.82. The Bertz CT molecular complexity index is 633. The fraction of sp³-hybridized carbons (Fsp3) is 0.545. The molecule has 0 saturated carbocycles. The zero-order valence-corrected chi connectivity index (χ0v) is 17.4. The Hall–Kier alpha value is -1.00. The maximum absolute atomic E-state index is 2.47. The zero-order valence-electron chi connectivity index (χ0n) is 16.4. The van der Waals surface area contributed by atoms with Crippen LogP contribution in [0.3, 0.4) is 0 Å². The zero-order chi connectivity index (χ0) is 17.6.